The smallest absolute Gasteiger partial charge is 0.296 e. The van der Waals surface area contributed by atoms with Gasteiger partial charge in [0.15, 0.2) is 6.29 Å². The highest BCUT2D eigenvalue weighted by Gasteiger charge is 2.66. The lowest BCUT2D eigenvalue weighted by molar-refractivity contribution is -0.531. The van der Waals surface area contributed by atoms with Gasteiger partial charge in [0.05, 0.1) is 57.3 Å². The molecule has 0 bridgehead atoms. The molecule has 0 saturated heterocycles. The van der Waals surface area contributed by atoms with E-state index in [4.69, 9.17) is 52.1 Å². The molecule has 0 spiro atoms. The van der Waals surface area contributed by atoms with Gasteiger partial charge in [0.2, 0.25) is 0 Å². The fourth-order valence-electron chi connectivity index (χ4n) is 6.15. The van der Waals surface area contributed by atoms with E-state index in [0.29, 0.717) is 58.4 Å². The van der Waals surface area contributed by atoms with Crippen LogP contribution in [0.1, 0.15) is 187 Å². The van der Waals surface area contributed by atoms with Crippen molar-refractivity contribution in [2.45, 2.75) is 229 Å². The molecule has 0 amide bonds. The molecule has 5 atom stereocenters. The Morgan fingerprint density at radius 3 is 1.73 bits per heavy atom. The van der Waals surface area contributed by atoms with Crippen molar-refractivity contribution < 1.29 is 57.2 Å². The molecule has 0 aromatic carbocycles. The lowest BCUT2D eigenvalue weighted by atomic mass is 9.84. The number of ether oxygens (including phenoxy) is 11. The fraction of sp³-hybridized carbons (Fsp3) is 1.00. The Kier molecular flexibility index (Phi) is 31.1. The predicted molar refractivity (Wildman–Crippen MR) is 236 cm³/mol. The molecule has 0 aliphatic rings. The molecule has 1 N–H and O–H groups in total. The second-order valence-corrected chi connectivity index (χ2v) is 18.1. The molecule has 0 aromatic rings. The molecule has 12 nitrogen and oxygen atoms in total. The molecular formula is C47H96O12. The Hall–Kier alpha value is -0.480. The zero-order valence-electron chi connectivity index (χ0n) is 41.2. The molecule has 0 rings (SSSR count). The summed E-state index contributed by atoms with van der Waals surface area (Å²) < 4.78 is 72.8. The summed E-state index contributed by atoms with van der Waals surface area (Å²) in [5, 5.41) is 9.46. The Bertz CT molecular complexity index is 994. The molecule has 356 valence electrons. The van der Waals surface area contributed by atoms with Gasteiger partial charge in [-0.05, 0) is 125 Å². The van der Waals surface area contributed by atoms with Crippen LogP contribution in [0.15, 0.2) is 0 Å². The highest BCUT2D eigenvalue weighted by Crippen LogP contribution is 2.51. The van der Waals surface area contributed by atoms with Crippen LogP contribution >= 0.6 is 0 Å². The van der Waals surface area contributed by atoms with Gasteiger partial charge in [-0.3, -0.25) is 0 Å². The summed E-state index contributed by atoms with van der Waals surface area (Å²) in [4.78, 5) is 0. The van der Waals surface area contributed by atoms with Gasteiger partial charge in [-0.25, -0.2) is 0 Å². The minimum Gasteiger partial charge on any atom is -0.396 e. The number of unbranched alkanes of at least 4 members (excludes halogenated alkanes) is 5. The average Bonchev–Trinajstić information content (AvgIpc) is 3.16. The Morgan fingerprint density at radius 1 is 0.593 bits per heavy atom. The van der Waals surface area contributed by atoms with Crippen LogP contribution in [0.4, 0.5) is 0 Å². The van der Waals surface area contributed by atoms with Crippen LogP contribution in [0.2, 0.25) is 0 Å². The van der Waals surface area contributed by atoms with Gasteiger partial charge in [0, 0.05) is 26.9 Å². The lowest BCUT2D eigenvalue weighted by Gasteiger charge is -2.55. The van der Waals surface area contributed by atoms with Crippen LogP contribution in [0.25, 0.3) is 0 Å². The maximum atomic E-state index is 9.46. The zero-order valence-corrected chi connectivity index (χ0v) is 41.2. The van der Waals surface area contributed by atoms with Crippen LogP contribution in [0.5, 0.6) is 0 Å². The van der Waals surface area contributed by atoms with Crippen LogP contribution in [0, 0.1) is 17.3 Å². The third-order valence-corrected chi connectivity index (χ3v) is 10.4. The zero-order chi connectivity index (χ0) is 45.0. The van der Waals surface area contributed by atoms with Crippen molar-refractivity contribution in [3.05, 3.63) is 0 Å². The number of rotatable bonds is 41. The van der Waals surface area contributed by atoms with Crippen LogP contribution in [0.3, 0.4) is 0 Å². The SMILES string of the molecule is CCCCOC(CCCCOC(OCCCCCCO)(OCCC(OC)(OCC)OC(C)C)C(C)(C)C(OCCC(C)C)(OCC(C)C)OC(C)(C)CC)OC(C)CC. The first-order valence-electron chi connectivity index (χ1n) is 23.4. The molecule has 0 heterocycles. The topological polar surface area (TPSA) is 122 Å². The van der Waals surface area contributed by atoms with Crippen molar-refractivity contribution >= 4 is 0 Å². The van der Waals surface area contributed by atoms with E-state index in [-0.39, 0.29) is 44.1 Å². The van der Waals surface area contributed by atoms with Crippen molar-refractivity contribution in [2.24, 2.45) is 17.3 Å². The summed E-state index contributed by atoms with van der Waals surface area (Å²) in [5.41, 5.74) is -1.91. The quantitative estimate of drug-likeness (QED) is 0.0465. The molecule has 0 aliphatic carbocycles. The maximum Gasteiger partial charge on any atom is 0.296 e. The highest BCUT2D eigenvalue weighted by atomic mass is 16.9. The monoisotopic (exact) mass is 853 g/mol. The van der Waals surface area contributed by atoms with Crippen molar-refractivity contribution in [3.63, 3.8) is 0 Å². The summed E-state index contributed by atoms with van der Waals surface area (Å²) in [6.45, 7) is 33.5. The fourth-order valence-corrected chi connectivity index (χ4v) is 6.15. The number of methoxy groups -OCH3 is 1. The first-order chi connectivity index (χ1) is 27.8. The van der Waals surface area contributed by atoms with Gasteiger partial charge in [-0.15, -0.1) is 0 Å². The normalized spacial score (nSPS) is 17.1. The molecule has 59 heavy (non-hydrogen) atoms. The molecule has 0 radical (unpaired) electrons. The number of hydrogen-bond donors (Lipinski definition) is 1. The van der Waals surface area contributed by atoms with Crippen molar-refractivity contribution in [2.75, 3.05) is 60.0 Å². The van der Waals surface area contributed by atoms with Crippen LogP contribution in [-0.2, 0) is 52.1 Å². The molecule has 12 heteroatoms. The Balaban J connectivity index is 7.40. The number of aliphatic hydroxyl groups excluding tert-OH is 1. The van der Waals surface area contributed by atoms with Crippen molar-refractivity contribution in [3.8, 4) is 0 Å². The number of hydrogen-bond acceptors (Lipinski definition) is 12. The van der Waals surface area contributed by atoms with E-state index < -0.39 is 28.9 Å². The Labute approximate surface area is 363 Å². The van der Waals surface area contributed by atoms with Crippen LogP contribution < -0.4 is 0 Å². The molecule has 0 fully saturated rings. The molecular weight excluding hydrogens is 757 g/mol. The number of aliphatic hydroxyl groups is 1. The first-order valence-corrected chi connectivity index (χ1v) is 23.4. The largest absolute Gasteiger partial charge is 0.396 e. The third-order valence-electron chi connectivity index (χ3n) is 10.4. The van der Waals surface area contributed by atoms with Gasteiger partial charge in [0.1, 0.15) is 5.41 Å². The summed E-state index contributed by atoms with van der Waals surface area (Å²) in [6.07, 6.45) is 9.71. The minimum absolute atomic E-state index is 0.0774. The lowest BCUT2D eigenvalue weighted by Crippen LogP contribution is -2.67. The van der Waals surface area contributed by atoms with Gasteiger partial charge in [-0.2, -0.15) is 0 Å². The van der Waals surface area contributed by atoms with E-state index in [1.54, 1.807) is 7.11 Å². The highest BCUT2D eigenvalue weighted by molar-refractivity contribution is 4.93. The maximum absolute atomic E-state index is 9.46. The first kappa shape index (κ1) is 58.5. The van der Waals surface area contributed by atoms with Gasteiger partial charge in [-0.1, -0.05) is 67.7 Å². The van der Waals surface area contributed by atoms with Gasteiger partial charge < -0.3 is 57.2 Å². The van der Waals surface area contributed by atoms with Crippen molar-refractivity contribution in [1.82, 2.24) is 0 Å². The summed E-state index contributed by atoms with van der Waals surface area (Å²) in [5.74, 6) is -4.23. The average molecular weight is 853 g/mol. The van der Waals surface area contributed by atoms with E-state index in [1.807, 2.05) is 48.5 Å². The third kappa shape index (κ3) is 22.6. The second-order valence-electron chi connectivity index (χ2n) is 18.1. The standard InChI is InChI=1S/C47H96O12/c1-17-21-32-50-42(57-41(11)18-2)28-24-27-34-53-46(52-33-26-23-22-25-31-48,55-36-30-45(49-16,51-20-4)58-40(9)10)44(14,15)47(56-37-39(7)8,54-35-29-38(5)6)59-43(12,13)19-3/h38-42,48H,17-37H2,1-16H3. The van der Waals surface area contributed by atoms with Gasteiger partial charge in [0.25, 0.3) is 17.9 Å². The Morgan fingerprint density at radius 2 is 1.20 bits per heavy atom. The van der Waals surface area contributed by atoms with E-state index in [9.17, 15) is 5.11 Å². The molecule has 5 unspecified atom stereocenters. The van der Waals surface area contributed by atoms with E-state index >= 15 is 0 Å². The summed E-state index contributed by atoms with van der Waals surface area (Å²) in [7, 11) is 1.58. The second kappa shape index (κ2) is 31.4. The van der Waals surface area contributed by atoms with Crippen LogP contribution in [-0.4, -0.2) is 107 Å². The van der Waals surface area contributed by atoms with E-state index in [2.05, 4.69) is 55.4 Å². The molecule has 0 aliphatic heterocycles. The van der Waals surface area contributed by atoms with Gasteiger partial charge >= 0.3 is 0 Å². The molecule has 0 aromatic heterocycles. The molecule has 0 saturated carbocycles. The predicted octanol–water partition coefficient (Wildman–Crippen LogP) is 11.1. The minimum atomic E-state index is -1.75. The van der Waals surface area contributed by atoms with E-state index in [1.165, 1.54) is 0 Å². The summed E-state index contributed by atoms with van der Waals surface area (Å²) in [6, 6.07) is 0. The summed E-state index contributed by atoms with van der Waals surface area (Å²) >= 11 is 0. The van der Waals surface area contributed by atoms with Crippen molar-refractivity contribution in [1.29, 1.82) is 0 Å². The van der Waals surface area contributed by atoms with E-state index in [0.717, 1.165) is 64.2 Å².